The molecular formula is C21H22FN3O5S2. The van der Waals surface area contributed by atoms with Gasteiger partial charge in [0.1, 0.15) is 10.7 Å². The smallest absolute Gasteiger partial charge is 0.328 e. The minimum absolute atomic E-state index is 0.0304. The Morgan fingerprint density at radius 2 is 1.75 bits per heavy atom. The fraction of sp³-hybridized carbons (Fsp3) is 0.333. The van der Waals surface area contributed by atoms with Gasteiger partial charge in [0.25, 0.3) is 5.91 Å². The predicted octanol–water partition coefficient (Wildman–Crippen LogP) is 2.97. The van der Waals surface area contributed by atoms with Crippen LogP contribution in [0.3, 0.4) is 0 Å². The van der Waals surface area contributed by atoms with Crippen LogP contribution in [0.2, 0.25) is 0 Å². The Labute approximate surface area is 192 Å². The van der Waals surface area contributed by atoms with Crippen molar-refractivity contribution in [1.29, 1.82) is 0 Å². The van der Waals surface area contributed by atoms with Gasteiger partial charge in [-0.3, -0.25) is 4.79 Å². The summed E-state index contributed by atoms with van der Waals surface area (Å²) in [4.78, 5) is 39.9. The van der Waals surface area contributed by atoms with Crippen LogP contribution < -0.4 is 5.32 Å². The van der Waals surface area contributed by atoms with Crippen molar-refractivity contribution in [2.24, 2.45) is 5.92 Å². The average molecular weight is 480 g/mol. The number of nitrogens with one attached hydrogen (secondary N) is 1. The molecule has 0 aliphatic carbocycles. The van der Waals surface area contributed by atoms with Crippen molar-refractivity contribution in [3.63, 3.8) is 0 Å². The standard InChI is InChI=1S/C17H18FN3OS2.C4H4O4/c18-12-1-3-13(4-2-12)23-17-19-9-15(24-17)16(22)20-14-10-21-7-5-11(14)6-8-21;5-3(6)1-2-4(7)8/h1-4,9,11,14H,5-8,10H2,(H,20,22);1-2H,(H,5,6)(H,7,8)/b;2-1+/t14-;/m0./s1. The molecule has 3 saturated heterocycles. The highest BCUT2D eigenvalue weighted by Gasteiger charge is 2.35. The molecule has 0 radical (unpaired) electrons. The zero-order valence-corrected chi connectivity index (χ0v) is 18.6. The van der Waals surface area contributed by atoms with E-state index in [1.165, 1.54) is 48.1 Å². The van der Waals surface area contributed by atoms with Crippen molar-refractivity contribution >= 4 is 40.9 Å². The Morgan fingerprint density at radius 1 is 1.12 bits per heavy atom. The molecule has 3 fully saturated rings. The lowest BCUT2D eigenvalue weighted by atomic mass is 9.84. The van der Waals surface area contributed by atoms with Crippen LogP contribution in [-0.2, 0) is 9.59 Å². The highest BCUT2D eigenvalue weighted by Crippen LogP contribution is 2.32. The lowest BCUT2D eigenvalue weighted by Crippen LogP contribution is -2.57. The second kappa shape index (κ2) is 11.2. The minimum Gasteiger partial charge on any atom is -0.478 e. The largest absolute Gasteiger partial charge is 0.478 e. The summed E-state index contributed by atoms with van der Waals surface area (Å²) in [5.41, 5.74) is 0. The number of hydrogen-bond donors (Lipinski definition) is 3. The molecule has 2 bridgehead atoms. The number of benzene rings is 1. The number of carbonyl (C=O) groups is 3. The molecule has 11 heteroatoms. The number of hydrogen-bond acceptors (Lipinski definition) is 7. The van der Waals surface area contributed by atoms with Crippen molar-refractivity contribution < 1.29 is 29.0 Å². The van der Waals surface area contributed by atoms with Gasteiger partial charge in [0, 0.05) is 29.6 Å². The van der Waals surface area contributed by atoms with Crippen molar-refractivity contribution in [1.82, 2.24) is 15.2 Å². The normalized spacial score (nSPS) is 21.6. The lowest BCUT2D eigenvalue weighted by Gasteiger charge is -2.44. The molecule has 1 amide bonds. The molecule has 0 unspecified atom stereocenters. The molecule has 32 heavy (non-hydrogen) atoms. The molecule has 0 saturated carbocycles. The number of carbonyl (C=O) groups excluding carboxylic acids is 1. The van der Waals surface area contributed by atoms with E-state index in [0.717, 1.165) is 28.9 Å². The van der Waals surface area contributed by atoms with E-state index < -0.39 is 11.9 Å². The van der Waals surface area contributed by atoms with Crippen molar-refractivity contribution in [2.45, 2.75) is 28.1 Å². The van der Waals surface area contributed by atoms with Crippen LogP contribution in [0.25, 0.3) is 0 Å². The third-order valence-corrected chi connectivity index (χ3v) is 7.15. The SMILES string of the molecule is O=C(N[C@H]1CN2CCC1CC2)c1cnc(Sc2ccc(F)cc2)s1.O=C(O)/C=C/C(=O)O. The summed E-state index contributed by atoms with van der Waals surface area (Å²) in [6.07, 6.45) is 5.11. The molecule has 4 heterocycles. The first kappa shape index (κ1) is 23.9. The number of rotatable bonds is 6. The van der Waals surface area contributed by atoms with Crippen LogP contribution in [0.15, 0.2) is 51.8 Å². The third-order valence-electron chi connectivity index (χ3n) is 5.07. The second-order valence-corrected chi connectivity index (χ2v) is 9.63. The van der Waals surface area contributed by atoms with E-state index in [1.807, 2.05) is 0 Å². The fourth-order valence-corrected chi connectivity index (χ4v) is 5.38. The van der Waals surface area contributed by atoms with Crippen molar-refractivity contribution in [2.75, 3.05) is 19.6 Å². The maximum atomic E-state index is 12.9. The lowest BCUT2D eigenvalue weighted by molar-refractivity contribution is -0.134. The number of aromatic nitrogens is 1. The van der Waals surface area contributed by atoms with Gasteiger partial charge < -0.3 is 20.4 Å². The number of thiazole rings is 1. The van der Waals surface area contributed by atoms with Crippen LogP contribution in [-0.4, -0.2) is 63.6 Å². The Kier molecular flexibility index (Phi) is 8.37. The van der Waals surface area contributed by atoms with Crippen molar-refractivity contribution in [3.05, 3.63) is 53.3 Å². The molecule has 3 aliphatic rings. The van der Waals surface area contributed by atoms with Crippen LogP contribution in [0.4, 0.5) is 4.39 Å². The number of piperidine rings is 3. The Balaban J connectivity index is 0.000000312. The first-order valence-corrected chi connectivity index (χ1v) is 11.5. The molecule has 0 spiro atoms. The maximum absolute atomic E-state index is 12.9. The van der Waals surface area contributed by atoms with Gasteiger partial charge in [-0.2, -0.15) is 0 Å². The van der Waals surface area contributed by atoms with E-state index in [4.69, 9.17) is 10.2 Å². The molecule has 3 aliphatic heterocycles. The minimum atomic E-state index is -1.26. The molecule has 5 rings (SSSR count). The summed E-state index contributed by atoms with van der Waals surface area (Å²) in [6, 6.07) is 6.55. The van der Waals surface area contributed by atoms with E-state index in [0.29, 0.717) is 22.9 Å². The van der Waals surface area contributed by atoms with Gasteiger partial charge in [-0.15, -0.1) is 11.3 Å². The Hall–Kier alpha value is -2.76. The van der Waals surface area contributed by atoms with Crippen LogP contribution in [0.5, 0.6) is 0 Å². The van der Waals surface area contributed by atoms with Gasteiger partial charge in [0.2, 0.25) is 0 Å². The Bertz CT molecular complexity index is 972. The van der Waals surface area contributed by atoms with Gasteiger partial charge in [-0.25, -0.2) is 19.0 Å². The molecule has 170 valence electrons. The summed E-state index contributed by atoms with van der Waals surface area (Å²) >= 11 is 2.83. The molecule has 1 aromatic carbocycles. The van der Waals surface area contributed by atoms with Crippen LogP contribution in [0.1, 0.15) is 22.5 Å². The van der Waals surface area contributed by atoms with Crippen molar-refractivity contribution in [3.8, 4) is 0 Å². The number of fused-ring (bicyclic) bond motifs is 3. The number of carboxylic acids is 2. The average Bonchev–Trinajstić information content (AvgIpc) is 3.24. The molecule has 1 atom stereocenters. The third kappa shape index (κ3) is 7.14. The first-order chi connectivity index (χ1) is 15.3. The molecule has 8 nitrogen and oxygen atoms in total. The zero-order chi connectivity index (χ0) is 23.1. The van der Waals surface area contributed by atoms with E-state index in [-0.39, 0.29) is 17.8 Å². The molecule has 1 aromatic heterocycles. The van der Waals surface area contributed by atoms with Gasteiger partial charge in [0.05, 0.1) is 6.20 Å². The summed E-state index contributed by atoms with van der Waals surface area (Å²) < 4.78 is 13.7. The number of aliphatic carboxylic acids is 2. The first-order valence-electron chi connectivity index (χ1n) is 9.86. The van der Waals surface area contributed by atoms with Gasteiger partial charge in [-0.05, 0) is 56.1 Å². The topological polar surface area (TPSA) is 120 Å². The van der Waals surface area contributed by atoms with Gasteiger partial charge in [-0.1, -0.05) is 11.8 Å². The van der Waals surface area contributed by atoms with E-state index in [9.17, 15) is 18.8 Å². The molecule has 3 N–H and O–H groups in total. The van der Waals surface area contributed by atoms with E-state index >= 15 is 0 Å². The maximum Gasteiger partial charge on any atom is 0.328 e. The van der Waals surface area contributed by atoms with Gasteiger partial charge >= 0.3 is 11.9 Å². The quantitative estimate of drug-likeness (QED) is 0.541. The van der Waals surface area contributed by atoms with Crippen LogP contribution in [0, 0.1) is 11.7 Å². The molecular weight excluding hydrogens is 457 g/mol. The summed E-state index contributed by atoms with van der Waals surface area (Å²) in [5, 5.41) is 18.8. The van der Waals surface area contributed by atoms with E-state index in [2.05, 4.69) is 15.2 Å². The number of nitrogens with zero attached hydrogens (tertiary/aromatic N) is 2. The summed E-state index contributed by atoms with van der Waals surface area (Å²) in [6.45, 7) is 3.29. The number of amides is 1. The van der Waals surface area contributed by atoms with E-state index in [1.54, 1.807) is 18.3 Å². The molecule has 2 aromatic rings. The zero-order valence-electron chi connectivity index (χ0n) is 16.9. The monoisotopic (exact) mass is 479 g/mol. The Morgan fingerprint density at radius 3 is 2.28 bits per heavy atom. The van der Waals surface area contributed by atoms with Crippen LogP contribution >= 0.6 is 23.1 Å². The van der Waals surface area contributed by atoms with Gasteiger partial charge in [0.15, 0.2) is 4.34 Å². The number of halogens is 1. The number of carboxylic acid groups (broad SMARTS) is 2. The highest BCUT2D eigenvalue weighted by molar-refractivity contribution is 8.01. The predicted molar refractivity (Wildman–Crippen MR) is 117 cm³/mol. The summed E-state index contributed by atoms with van der Waals surface area (Å²) in [7, 11) is 0. The second-order valence-electron chi connectivity index (χ2n) is 7.27. The fourth-order valence-electron chi connectivity index (χ4n) is 3.52. The summed E-state index contributed by atoms with van der Waals surface area (Å²) in [5.74, 6) is -2.19. The highest BCUT2D eigenvalue weighted by atomic mass is 32.2.